The van der Waals surface area contributed by atoms with E-state index in [1.54, 1.807) is 22.9 Å². The number of nitrogens with zero attached hydrogens (tertiary/aromatic N) is 4. The normalized spacial score (nSPS) is 11.6. The quantitative estimate of drug-likeness (QED) is 0.690. The van der Waals surface area contributed by atoms with Gasteiger partial charge in [-0.25, -0.2) is 0 Å². The first kappa shape index (κ1) is 19.2. The number of hydrogen-bond donors (Lipinski definition) is 1. The van der Waals surface area contributed by atoms with Crippen LogP contribution in [-0.4, -0.2) is 25.5 Å². The van der Waals surface area contributed by atoms with E-state index in [0.29, 0.717) is 16.2 Å². The van der Waals surface area contributed by atoms with Crippen LogP contribution < -0.4 is 5.32 Å². The Labute approximate surface area is 161 Å². The third-order valence-corrected chi connectivity index (χ3v) is 4.19. The molecule has 0 radical (unpaired) electrons. The van der Waals surface area contributed by atoms with Crippen molar-refractivity contribution in [2.24, 2.45) is 7.05 Å². The maximum Gasteiger partial charge on any atom is 0.434 e. The highest BCUT2D eigenvalue weighted by Gasteiger charge is 2.40. The summed E-state index contributed by atoms with van der Waals surface area (Å²) in [6, 6.07) is 7.17. The molecule has 0 bridgehead atoms. The van der Waals surface area contributed by atoms with Gasteiger partial charge in [0.15, 0.2) is 11.4 Å². The number of amides is 1. The number of rotatable bonds is 4. The van der Waals surface area contributed by atoms with E-state index in [1.165, 1.54) is 12.4 Å². The molecule has 0 saturated heterocycles. The van der Waals surface area contributed by atoms with Gasteiger partial charge in [0, 0.05) is 18.3 Å². The number of anilines is 1. The average molecular weight is 418 g/mol. The molecule has 6 nitrogen and oxygen atoms in total. The molecule has 0 unspecified atom stereocenters. The van der Waals surface area contributed by atoms with Crippen molar-refractivity contribution >= 4 is 34.8 Å². The molecule has 3 aromatic rings. The Morgan fingerprint density at radius 1 is 1.30 bits per heavy atom. The first-order chi connectivity index (χ1) is 12.6. The van der Waals surface area contributed by atoms with Gasteiger partial charge in [-0.05, 0) is 17.7 Å². The Morgan fingerprint density at radius 2 is 2.04 bits per heavy atom. The predicted molar refractivity (Wildman–Crippen MR) is 94.0 cm³/mol. The molecule has 0 fully saturated rings. The van der Waals surface area contributed by atoms with E-state index in [-0.39, 0.29) is 5.69 Å². The van der Waals surface area contributed by atoms with Crippen molar-refractivity contribution in [3.8, 4) is 0 Å². The number of carbonyl (C=O) groups is 1. The highest BCUT2D eigenvalue weighted by Crippen LogP contribution is 2.36. The van der Waals surface area contributed by atoms with Crippen molar-refractivity contribution in [3.05, 3.63) is 63.7 Å². The Morgan fingerprint density at radius 3 is 2.67 bits per heavy atom. The minimum Gasteiger partial charge on any atom is -0.318 e. The Kier molecular flexibility index (Phi) is 5.16. The van der Waals surface area contributed by atoms with Gasteiger partial charge in [0.2, 0.25) is 0 Å². The maximum absolute atomic E-state index is 13.0. The summed E-state index contributed by atoms with van der Waals surface area (Å²) in [6.45, 7) is 0.402. The van der Waals surface area contributed by atoms with Crippen LogP contribution in [0.15, 0.2) is 36.7 Å². The molecule has 1 aromatic carbocycles. The van der Waals surface area contributed by atoms with Crippen LogP contribution in [0.1, 0.15) is 21.7 Å². The number of halogens is 5. The van der Waals surface area contributed by atoms with Gasteiger partial charge in [0.05, 0.1) is 18.4 Å². The number of alkyl halides is 3. The van der Waals surface area contributed by atoms with Crippen molar-refractivity contribution in [1.29, 1.82) is 0 Å². The predicted octanol–water partition coefficient (Wildman–Crippen LogP) is 4.24. The van der Waals surface area contributed by atoms with Crippen LogP contribution in [0.25, 0.3) is 0 Å². The molecule has 1 amide bonds. The molecule has 11 heteroatoms. The third-order valence-electron chi connectivity index (χ3n) is 3.60. The van der Waals surface area contributed by atoms with Gasteiger partial charge in [0.1, 0.15) is 5.02 Å². The van der Waals surface area contributed by atoms with Gasteiger partial charge in [-0.2, -0.15) is 23.4 Å². The zero-order chi connectivity index (χ0) is 19.8. The van der Waals surface area contributed by atoms with Gasteiger partial charge in [-0.1, -0.05) is 35.3 Å². The van der Waals surface area contributed by atoms with E-state index in [0.717, 1.165) is 12.6 Å². The second-order valence-electron chi connectivity index (χ2n) is 5.64. The Bertz CT molecular complexity index is 996. The van der Waals surface area contributed by atoms with Gasteiger partial charge >= 0.3 is 6.18 Å². The summed E-state index contributed by atoms with van der Waals surface area (Å²) in [4.78, 5) is 12.2. The molecular weight excluding hydrogens is 406 g/mol. The standard InChI is InChI=1S/C16H12Cl2F3N5O/c1-25-14(16(19,20)21)12(18)13(24-25)15(27)23-11-6-22-26(8-11)7-9-3-2-4-10(17)5-9/h2-6,8H,7H2,1H3,(H,23,27). The van der Waals surface area contributed by atoms with E-state index < -0.39 is 28.5 Å². The van der Waals surface area contributed by atoms with E-state index >= 15 is 0 Å². The first-order valence-electron chi connectivity index (χ1n) is 7.53. The number of aromatic nitrogens is 4. The van der Waals surface area contributed by atoms with Gasteiger partial charge in [-0.3, -0.25) is 14.2 Å². The summed E-state index contributed by atoms with van der Waals surface area (Å²) in [7, 11) is 1.06. The molecule has 0 spiro atoms. The zero-order valence-electron chi connectivity index (χ0n) is 13.8. The van der Waals surface area contributed by atoms with Gasteiger partial charge in [0.25, 0.3) is 5.91 Å². The summed E-state index contributed by atoms with van der Waals surface area (Å²) >= 11 is 11.6. The zero-order valence-corrected chi connectivity index (χ0v) is 15.3. The summed E-state index contributed by atoms with van der Waals surface area (Å²) < 4.78 is 40.9. The summed E-state index contributed by atoms with van der Waals surface area (Å²) in [6.07, 6.45) is -1.83. The Balaban J connectivity index is 1.75. The molecule has 0 aliphatic rings. The molecule has 27 heavy (non-hydrogen) atoms. The van der Waals surface area contributed by atoms with Crippen LogP contribution in [0.2, 0.25) is 10.0 Å². The van der Waals surface area contributed by atoms with Gasteiger partial charge in [-0.15, -0.1) is 0 Å². The van der Waals surface area contributed by atoms with Crippen LogP contribution in [0.4, 0.5) is 18.9 Å². The number of nitrogens with one attached hydrogen (secondary N) is 1. The molecular formula is C16H12Cl2F3N5O. The lowest BCUT2D eigenvalue weighted by Crippen LogP contribution is -2.13. The molecule has 0 aliphatic carbocycles. The summed E-state index contributed by atoms with van der Waals surface area (Å²) in [5, 5.41) is 9.92. The molecule has 0 aliphatic heterocycles. The van der Waals surface area contributed by atoms with E-state index in [2.05, 4.69) is 15.5 Å². The topological polar surface area (TPSA) is 64.7 Å². The molecule has 3 rings (SSSR count). The number of aryl methyl sites for hydroxylation is 1. The lowest BCUT2D eigenvalue weighted by atomic mass is 10.2. The van der Waals surface area contributed by atoms with Crippen molar-refractivity contribution < 1.29 is 18.0 Å². The minimum absolute atomic E-state index is 0.289. The van der Waals surface area contributed by atoms with Crippen LogP contribution >= 0.6 is 23.2 Å². The number of carbonyl (C=O) groups excluding carboxylic acids is 1. The fourth-order valence-corrected chi connectivity index (χ4v) is 3.04. The van der Waals surface area contributed by atoms with Crippen LogP contribution in [-0.2, 0) is 19.8 Å². The molecule has 0 saturated carbocycles. The lowest BCUT2D eigenvalue weighted by molar-refractivity contribution is -0.143. The molecule has 142 valence electrons. The summed E-state index contributed by atoms with van der Waals surface area (Å²) in [5.41, 5.74) is -0.525. The molecule has 0 atom stereocenters. The lowest BCUT2D eigenvalue weighted by Gasteiger charge is -2.06. The number of benzene rings is 1. The fraction of sp³-hybridized carbons (Fsp3) is 0.188. The number of hydrogen-bond acceptors (Lipinski definition) is 3. The SMILES string of the molecule is Cn1nc(C(=O)Nc2cnn(Cc3cccc(Cl)c3)c2)c(Cl)c1C(F)(F)F. The van der Waals surface area contributed by atoms with E-state index in [9.17, 15) is 18.0 Å². The summed E-state index contributed by atoms with van der Waals surface area (Å²) in [5.74, 6) is -0.867. The van der Waals surface area contributed by atoms with Crippen LogP contribution in [0, 0.1) is 0 Å². The van der Waals surface area contributed by atoms with Crippen LogP contribution in [0.5, 0.6) is 0 Å². The largest absolute Gasteiger partial charge is 0.434 e. The van der Waals surface area contributed by atoms with Crippen LogP contribution in [0.3, 0.4) is 0 Å². The van der Waals surface area contributed by atoms with Gasteiger partial charge < -0.3 is 5.32 Å². The van der Waals surface area contributed by atoms with Crippen molar-refractivity contribution in [3.63, 3.8) is 0 Å². The minimum atomic E-state index is -4.72. The molecule has 2 heterocycles. The highest BCUT2D eigenvalue weighted by atomic mass is 35.5. The molecule has 2 aromatic heterocycles. The first-order valence-corrected chi connectivity index (χ1v) is 8.28. The van der Waals surface area contributed by atoms with E-state index in [1.807, 2.05) is 6.07 Å². The maximum atomic E-state index is 13.0. The fourth-order valence-electron chi connectivity index (χ4n) is 2.48. The second kappa shape index (κ2) is 7.24. The second-order valence-corrected chi connectivity index (χ2v) is 6.46. The molecule has 1 N–H and O–H groups in total. The highest BCUT2D eigenvalue weighted by molar-refractivity contribution is 6.34. The monoisotopic (exact) mass is 417 g/mol. The third kappa shape index (κ3) is 4.25. The van der Waals surface area contributed by atoms with Crippen molar-refractivity contribution in [2.75, 3.05) is 5.32 Å². The van der Waals surface area contributed by atoms with Crippen molar-refractivity contribution in [1.82, 2.24) is 19.6 Å². The van der Waals surface area contributed by atoms with E-state index in [4.69, 9.17) is 23.2 Å². The smallest absolute Gasteiger partial charge is 0.318 e. The average Bonchev–Trinajstić information content (AvgIpc) is 3.10. The Hall–Kier alpha value is -2.52. The van der Waals surface area contributed by atoms with Crippen molar-refractivity contribution in [2.45, 2.75) is 12.7 Å².